The lowest BCUT2D eigenvalue weighted by Gasteiger charge is -2.09. The molecule has 0 atom stereocenters. The lowest BCUT2D eigenvalue weighted by molar-refractivity contribution is 0.566. The zero-order chi connectivity index (χ0) is 15.1. The van der Waals surface area contributed by atoms with Crippen LogP contribution in [0.25, 0.3) is 5.52 Å². The van der Waals surface area contributed by atoms with Crippen LogP contribution in [0.4, 0.5) is 4.39 Å². The number of aryl methyl sites for hydroxylation is 2. The van der Waals surface area contributed by atoms with Gasteiger partial charge in [-0.1, -0.05) is 18.2 Å². The number of rotatable bonds is 2. The highest BCUT2D eigenvalue weighted by Crippen LogP contribution is 2.22. The quantitative estimate of drug-likeness (QED) is 0.726. The van der Waals surface area contributed by atoms with Gasteiger partial charge in [0.05, 0.1) is 12.2 Å². The molecular formula is C16H15FN4O. The predicted octanol–water partition coefficient (Wildman–Crippen LogP) is 1.96. The van der Waals surface area contributed by atoms with Gasteiger partial charge in [0.2, 0.25) is 0 Å². The minimum absolute atomic E-state index is 0.127. The highest BCUT2D eigenvalue weighted by Gasteiger charge is 2.20. The van der Waals surface area contributed by atoms with Crippen LogP contribution in [0.3, 0.4) is 0 Å². The van der Waals surface area contributed by atoms with Gasteiger partial charge in [0.15, 0.2) is 0 Å². The van der Waals surface area contributed by atoms with E-state index in [-0.39, 0.29) is 17.9 Å². The van der Waals surface area contributed by atoms with Gasteiger partial charge in [0.1, 0.15) is 17.7 Å². The second-order valence-electron chi connectivity index (χ2n) is 5.61. The summed E-state index contributed by atoms with van der Waals surface area (Å²) in [7, 11) is 0. The second kappa shape index (κ2) is 5.05. The van der Waals surface area contributed by atoms with Crippen molar-refractivity contribution in [2.75, 3.05) is 0 Å². The summed E-state index contributed by atoms with van der Waals surface area (Å²) in [6.07, 6.45) is 5.49. The molecule has 0 unspecified atom stereocenters. The van der Waals surface area contributed by atoms with Crippen LogP contribution in [0.1, 0.15) is 29.7 Å². The molecule has 0 radical (unpaired) electrons. The number of benzene rings is 1. The molecule has 4 rings (SSSR count). The van der Waals surface area contributed by atoms with Crippen molar-refractivity contribution in [1.82, 2.24) is 19.4 Å². The monoisotopic (exact) mass is 298 g/mol. The van der Waals surface area contributed by atoms with Crippen LogP contribution in [0.5, 0.6) is 0 Å². The van der Waals surface area contributed by atoms with Crippen molar-refractivity contribution in [3.8, 4) is 0 Å². The van der Waals surface area contributed by atoms with Crippen LogP contribution in [0, 0.1) is 5.82 Å². The predicted molar refractivity (Wildman–Crippen MR) is 79.4 cm³/mol. The highest BCUT2D eigenvalue weighted by atomic mass is 19.1. The van der Waals surface area contributed by atoms with Gasteiger partial charge < -0.3 is 0 Å². The second-order valence-corrected chi connectivity index (χ2v) is 5.61. The van der Waals surface area contributed by atoms with Crippen LogP contribution in [0.15, 0.2) is 35.4 Å². The van der Waals surface area contributed by atoms with Crippen molar-refractivity contribution < 1.29 is 4.39 Å². The molecule has 0 saturated heterocycles. The zero-order valence-corrected chi connectivity index (χ0v) is 12.0. The Labute approximate surface area is 126 Å². The van der Waals surface area contributed by atoms with Crippen molar-refractivity contribution >= 4 is 5.52 Å². The number of hydrogen-bond acceptors (Lipinski definition) is 3. The maximum Gasteiger partial charge on any atom is 0.293 e. The Morgan fingerprint density at radius 1 is 1.18 bits per heavy atom. The van der Waals surface area contributed by atoms with Gasteiger partial charge >= 0.3 is 0 Å². The summed E-state index contributed by atoms with van der Waals surface area (Å²) in [4.78, 5) is 12.7. The molecule has 5 nitrogen and oxygen atoms in total. The first kappa shape index (κ1) is 13.2. The molecule has 1 aliphatic rings. The van der Waals surface area contributed by atoms with Gasteiger partial charge in [-0.15, -0.1) is 0 Å². The third-order valence-electron chi connectivity index (χ3n) is 4.20. The van der Waals surface area contributed by atoms with Crippen molar-refractivity contribution in [1.29, 1.82) is 0 Å². The van der Waals surface area contributed by atoms with Gasteiger partial charge in [0.25, 0.3) is 5.56 Å². The first-order chi connectivity index (χ1) is 10.7. The minimum Gasteiger partial charge on any atom is -0.265 e. The summed E-state index contributed by atoms with van der Waals surface area (Å²) in [5.41, 5.74) is 2.85. The van der Waals surface area contributed by atoms with Crippen LogP contribution in [-0.4, -0.2) is 19.4 Å². The van der Waals surface area contributed by atoms with E-state index in [0.29, 0.717) is 11.1 Å². The minimum atomic E-state index is -0.327. The van der Waals surface area contributed by atoms with Gasteiger partial charge in [-0.3, -0.25) is 4.79 Å². The van der Waals surface area contributed by atoms with E-state index in [9.17, 15) is 9.18 Å². The molecule has 6 heteroatoms. The summed E-state index contributed by atoms with van der Waals surface area (Å²) in [6.45, 7) is 0.127. The van der Waals surface area contributed by atoms with E-state index in [1.54, 1.807) is 22.7 Å². The molecule has 0 amide bonds. The van der Waals surface area contributed by atoms with Gasteiger partial charge in [-0.05, 0) is 31.7 Å². The Bertz CT molecular complexity index is 912. The molecule has 112 valence electrons. The van der Waals surface area contributed by atoms with Crippen molar-refractivity contribution in [3.63, 3.8) is 0 Å². The molecule has 22 heavy (non-hydrogen) atoms. The number of aromatic nitrogens is 4. The van der Waals surface area contributed by atoms with Crippen LogP contribution in [0.2, 0.25) is 0 Å². The lowest BCUT2D eigenvalue weighted by Crippen LogP contribution is -2.26. The van der Waals surface area contributed by atoms with Gasteiger partial charge in [-0.2, -0.15) is 10.2 Å². The Morgan fingerprint density at radius 3 is 2.86 bits per heavy atom. The fourth-order valence-electron chi connectivity index (χ4n) is 3.07. The molecule has 0 saturated carbocycles. The van der Waals surface area contributed by atoms with Gasteiger partial charge in [0, 0.05) is 11.1 Å². The molecule has 2 heterocycles. The average molecular weight is 298 g/mol. The topological polar surface area (TPSA) is 52.2 Å². The van der Waals surface area contributed by atoms with E-state index in [0.717, 1.165) is 36.9 Å². The van der Waals surface area contributed by atoms with Crippen molar-refractivity contribution in [2.45, 2.75) is 32.2 Å². The third kappa shape index (κ3) is 2.03. The summed E-state index contributed by atoms with van der Waals surface area (Å²) in [5, 5.41) is 8.57. The third-order valence-corrected chi connectivity index (χ3v) is 4.20. The first-order valence-electron chi connectivity index (χ1n) is 7.43. The van der Waals surface area contributed by atoms with E-state index >= 15 is 0 Å². The van der Waals surface area contributed by atoms with E-state index in [4.69, 9.17) is 0 Å². The summed E-state index contributed by atoms with van der Waals surface area (Å²) in [5.74, 6) is -0.327. The molecule has 0 fully saturated rings. The molecule has 1 aliphatic carbocycles. The SMILES string of the molecule is O=c1c2c3c(nn2cnn1Cc1ccccc1F)CCCC3. The molecule has 0 spiro atoms. The Hall–Kier alpha value is -2.50. The molecule has 0 aliphatic heterocycles. The van der Waals surface area contributed by atoms with Gasteiger partial charge in [-0.25, -0.2) is 13.6 Å². The summed E-state index contributed by atoms with van der Waals surface area (Å²) in [6, 6.07) is 6.44. The largest absolute Gasteiger partial charge is 0.293 e. The Kier molecular flexibility index (Phi) is 3.03. The van der Waals surface area contributed by atoms with Crippen molar-refractivity contribution in [3.05, 3.63) is 63.6 Å². The normalized spacial score (nSPS) is 14.2. The lowest BCUT2D eigenvalue weighted by atomic mass is 9.97. The Morgan fingerprint density at radius 2 is 2.00 bits per heavy atom. The summed E-state index contributed by atoms with van der Waals surface area (Å²) >= 11 is 0. The number of fused-ring (bicyclic) bond motifs is 3. The maximum atomic E-state index is 13.8. The van der Waals surface area contributed by atoms with Crippen molar-refractivity contribution in [2.24, 2.45) is 0 Å². The first-order valence-corrected chi connectivity index (χ1v) is 7.43. The summed E-state index contributed by atoms with van der Waals surface area (Å²) < 4.78 is 16.6. The highest BCUT2D eigenvalue weighted by molar-refractivity contribution is 5.55. The molecular weight excluding hydrogens is 283 g/mol. The average Bonchev–Trinajstić information content (AvgIpc) is 2.91. The number of nitrogens with zero attached hydrogens (tertiary/aromatic N) is 4. The molecule has 3 aromatic rings. The fraction of sp³-hybridized carbons (Fsp3) is 0.312. The van der Waals surface area contributed by atoms with E-state index in [1.807, 2.05) is 0 Å². The fourth-order valence-corrected chi connectivity index (χ4v) is 3.07. The standard InChI is InChI=1S/C16H15FN4O/c17-13-7-3-1-5-11(13)9-20-16(22)15-12-6-2-4-8-14(12)19-21(15)10-18-20/h1,3,5,7,10H,2,4,6,8-9H2. The van der Waals surface area contributed by atoms with E-state index in [1.165, 1.54) is 17.1 Å². The van der Waals surface area contributed by atoms with Crippen LogP contribution >= 0.6 is 0 Å². The van der Waals surface area contributed by atoms with E-state index in [2.05, 4.69) is 10.2 Å². The number of hydrogen-bond donors (Lipinski definition) is 0. The smallest absolute Gasteiger partial charge is 0.265 e. The molecule has 0 N–H and O–H groups in total. The van der Waals surface area contributed by atoms with E-state index < -0.39 is 0 Å². The number of halogens is 1. The molecule has 1 aromatic carbocycles. The maximum absolute atomic E-state index is 13.8. The van der Waals surface area contributed by atoms with Crippen LogP contribution < -0.4 is 5.56 Å². The zero-order valence-electron chi connectivity index (χ0n) is 12.0. The molecule has 0 bridgehead atoms. The van der Waals surface area contributed by atoms with Crippen LogP contribution in [-0.2, 0) is 19.4 Å². The Balaban J connectivity index is 1.84. The molecule has 2 aromatic heterocycles.